The van der Waals surface area contributed by atoms with E-state index in [2.05, 4.69) is 12.2 Å². The van der Waals surface area contributed by atoms with Crippen molar-refractivity contribution in [3.8, 4) is 0 Å². The number of nitrogens with zero attached hydrogens (tertiary/aromatic N) is 2. The summed E-state index contributed by atoms with van der Waals surface area (Å²) in [4.78, 5) is 27.1. The second-order valence-electron chi connectivity index (χ2n) is 4.82. The molecule has 0 radical (unpaired) electrons. The zero-order valence-corrected chi connectivity index (χ0v) is 9.90. The molecule has 0 aromatic heterocycles. The molecule has 2 saturated heterocycles. The number of rotatable bonds is 1. The van der Waals surface area contributed by atoms with Gasteiger partial charge in [0.05, 0.1) is 12.5 Å². The molecular formula is C11H19N3O2. The second-order valence-corrected chi connectivity index (χ2v) is 4.82. The van der Waals surface area contributed by atoms with Crippen LogP contribution in [0.15, 0.2) is 0 Å². The third-order valence-electron chi connectivity index (χ3n) is 3.60. The minimum absolute atomic E-state index is 0.0400. The number of hydrogen-bond acceptors (Lipinski definition) is 3. The summed E-state index contributed by atoms with van der Waals surface area (Å²) in [6, 6.07) is 0. The quantitative estimate of drug-likeness (QED) is 0.632. The maximum absolute atomic E-state index is 12.2. The van der Waals surface area contributed by atoms with Gasteiger partial charge in [-0.1, -0.05) is 6.92 Å². The lowest BCUT2D eigenvalue weighted by Crippen LogP contribution is -2.52. The molecule has 0 aromatic rings. The van der Waals surface area contributed by atoms with Crippen molar-refractivity contribution in [3.63, 3.8) is 0 Å². The first-order chi connectivity index (χ1) is 7.59. The van der Waals surface area contributed by atoms with Crippen LogP contribution in [-0.2, 0) is 9.59 Å². The minimum Gasteiger partial charge on any atom is -0.342 e. The Labute approximate surface area is 95.8 Å². The van der Waals surface area contributed by atoms with Crippen molar-refractivity contribution < 1.29 is 9.59 Å². The van der Waals surface area contributed by atoms with E-state index in [0.717, 1.165) is 13.1 Å². The van der Waals surface area contributed by atoms with Crippen LogP contribution in [0.25, 0.3) is 0 Å². The largest absolute Gasteiger partial charge is 0.342 e. The van der Waals surface area contributed by atoms with Gasteiger partial charge in [-0.15, -0.1) is 0 Å². The zero-order chi connectivity index (χ0) is 11.7. The van der Waals surface area contributed by atoms with E-state index in [-0.39, 0.29) is 24.3 Å². The molecule has 2 atom stereocenters. The maximum Gasteiger partial charge on any atom is 0.241 e. The molecule has 5 nitrogen and oxygen atoms in total. The van der Waals surface area contributed by atoms with E-state index >= 15 is 0 Å². The summed E-state index contributed by atoms with van der Waals surface area (Å²) in [7, 11) is 1.78. The van der Waals surface area contributed by atoms with Crippen molar-refractivity contribution in [1.82, 2.24) is 15.1 Å². The molecule has 1 N–H and O–H groups in total. The summed E-state index contributed by atoms with van der Waals surface area (Å²) in [6.45, 7) is 5.31. The Balaban J connectivity index is 1.97. The van der Waals surface area contributed by atoms with Crippen LogP contribution in [0, 0.1) is 11.8 Å². The van der Waals surface area contributed by atoms with Crippen LogP contribution in [0.5, 0.6) is 0 Å². The first-order valence-electron chi connectivity index (χ1n) is 5.83. The van der Waals surface area contributed by atoms with Crippen molar-refractivity contribution in [2.45, 2.75) is 6.92 Å². The van der Waals surface area contributed by atoms with Crippen molar-refractivity contribution in [3.05, 3.63) is 0 Å². The van der Waals surface area contributed by atoms with Gasteiger partial charge in [0.2, 0.25) is 11.8 Å². The smallest absolute Gasteiger partial charge is 0.241 e. The molecule has 16 heavy (non-hydrogen) atoms. The fourth-order valence-corrected chi connectivity index (χ4v) is 2.32. The molecule has 0 aliphatic carbocycles. The van der Waals surface area contributed by atoms with Gasteiger partial charge in [0.15, 0.2) is 0 Å². The zero-order valence-electron chi connectivity index (χ0n) is 9.90. The van der Waals surface area contributed by atoms with Gasteiger partial charge in [0.25, 0.3) is 0 Å². The Morgan fingerprint density at radius 1 is 1.38 bits per heavy atom. The van der Waals surface area contributed by atoms with Crippen molar-refractivity contribution in [2.24, 2.45) is 11.8 Å². The number of carbonyl (C=O) groups excluding carboxylic acids is 2. The van der Waals surface area contributed by atoms with Crippen molar-refractivity contribution in [1.29, 1.82) is 0 Å². The van der Waals surface area contributed by atoms with Gasteiger partial charge >= 0.3 is 0 Å². The Hall–Kier alpha value is -1.10. The molecule has 0 bridgehead atoms. The average Bonchev–Trinajstić information content (AvgIpc) is 2.67. The van der Waals surface area contributed by atoms with Gasteiger partial charge in [-0.3, -0.25) is 9.59 Å². The highest BCUT2D eigenvalue weighted by Gasteiger charge is 2.35. The highest BCUT2D eigenvalue weighted by atomic mass is 16.2. The molecule has 2 aliphatic rings. The Morgan fingerprint density at radius 2 is 2.12 bits per heavy atom. The van der Waals surface area contributed by atoms with Crippen LogP contribution in [0.3, 0.4) is 0 Å². The SMILES string of the molecule is C[C@@H]1CNC[C@H]1C(=O)N1CCN(C)C(=O)C1. The summed E-state index contributed by atoms with van der Waals surface area (Å²) in [5.41, 5.74) is 0. The molecule has 0 saturated carbocycles. The van der Waals surface area contributed by atoms with Crippen LogP contribution in [-0.4, -0.2) is 61.4 Å². The number of nitrogens with one attached hydrogen (secondary N) is 1. The number of likely N-dealkylation sites (N-methyl/N-ethyl adjacent to an activating group) is 1. The van der Waals surface area contributed by atoms with Crippen LogP contribution < -0.4 is 5.32 Å². The number of amides is 2. The lowest BCUT2D eigenvalue weighted by Gasteiger charge is -2.34. The van der Waals surface area contributed by atoms with Gasteiger partial charge in [-0.2, -0.15) is 0 Å². The fraction of sp³-hybridized carbons (Fsp3) is 0.818. The summed E-state index contributed by atoms with van der Waals surface area (Å²) in [5.74, 6) is 0.607. The van der Waals surface area contributed by atoms with Crippen LogP contribution in [0.4, 0.5) is 0 Å². The van der Waals surface area contributed by atoms with E-state index in [1.165, 1.54) is 0 Å². The molecule has 2 heterocycles. The van der Waals surface area contributed by atoms with E-state index in [4.69, 9.17) is 0 Å². The molecule has 0 spiro atoms. The standard InChI is InChI=1S/C11H19N3O2/c1-8-5-12-6-9(8)11(16)14-4-3-13(2)10(15)7-14/h8-9,12H,3-7H2,1-2H3/t8-,9-/m1/s1. The monoisotopic (exact) mass is 225 g/mol. The summed E-state index contributed by atoms with van der Waals surface area (Å²) in [5, 5.41) is 3.22. The minimum atomic E-state index is 0.0400. The number of carbonyl (C=O) groups is 2. The molecule has 2 rings (SSSR count). The lowest BCUT2D eigenvalue weighted by molar-refractivity contribution is -0.146. The predicted molar refractivity (Wildman–Crippen MR) is 59.7 cm³/mol. The first-order valence-corrected chi connectivity index (χ1v) is 5.83. The highest BCUT2D eigenvalue weighted by molar-refractivity contribution is 5.87. The van der Waals surface area contributed by atoms with Gasteiger partial charge in [-0.05, 0) is 12.5 Å². The van der Waals surface area contributed by atoms with Crippen molar-refractivity contribution in [2.75, 3.05) is 39.8 Å². The van der Waals surface area contributed by atoms with E-state index < -0.39 is 0 Å². The normalized spacial score (nSPS) is 31.0. The summed E-state index contributed by atoms with van der Waals surface area (Å²) >= 11 is 0. The van der Waals surface area contributed by atoms with E-state index in [0.29, 0.717) is 19.0 Å². The maximum atomic E-state index is 12.2. The summed E-state index contributed by atoms with van der Waals surface area (Å²) < 4.78 is 0. The average molecular weight is 225 g/mol. The fourth-order valence-electron chi connectivity index (χ4n) is 2.32. The molecule has 0 unspecified atom stereocenters. The molecule has 5 heteroatoms. The van der Waals surface area contributed by atoms with Gasteiger partial charge < -0.3 is 15.1 Å². The molecule has 2 fully saturated rings. The van der Waals surface area contributed by atoms with Crippen LogP contribution in [0.1, 0.15) is 6.92 Å². The Bertz CT molecular complexity index is 306. The van der Waals surface area contributed by atoms with Gasteiger partial charge in [-0.25, -0.2) is 0 Å². The third kappa shape index (κ3) is 2.04. The predicted octanol–water partition coefficient (Wildman–Crippen LogP) is -0.857. The molecule has 90 valence electrons. The summed E-state index contributed by atoms with van der Waals surface area (Å²) in [6.07, 6.45) is 0. The topological polar surface area (TPSA) is 52.7 Å². The number of hydrogen-bond donors (Lipinski definition) is 1. The highest BCUT2D eigenvalue weighted by Crippen LogP contribution is 2.19. The molecule has 0 aromatic carbocycles. The van der Waals surface area contributed by atoms with E-state index in [1.54, 1.807) is 16.8 Å². The second kappa shape index (κ2) is 4.41. The van der Waals surface area contributed by atoms with E-state index in [9.17, 15) is 9.59 Å². The van der Waals surface area contributed by atoms with Gasteiger partial charge in [0.1, 0.15) is 0 Å². The van der Waals surface area contributed by atoms with Gasteiger partial charge in [0, 0.05) is 26.7 Å². The lowest BCUT2D eigenvalue weighted by atomic mass is 9.96. The third-order valence-corrected chi connectivity index (χ3v) is 3.60. The molecular weight excluding hydrogens is 206 g/mol. The van der Waals surface area contributed by atoms with Crippen LogP contribution >= 0.6 is 0 Å². The molecule has 2 aliphatic heterocycles. The number of piperazine rings is 1. The van der Waals surface area contributed by atoms with Crippen molar-refractivity contribution >= 4 is 11.8 Å². The Kier molecular flexibility index (Phi) is 3.14. The first kappa shape index (κ1) is 11.4. The van der Waals surface area contributed by atoms with E-state index in [1.807, 2.05) is 0 Å². The Morgan fingerprint density at radius 3 is 2.69 bits per heavy atom. The molecule has 2 amide bonds. The van der Waals surface area contributed by atoms with Crippen LogP contribution in [0.2, 0.25) is 0 Å².